The number of hydrogen-bond donors (Lipinski definition) is 1. The summed E-state index contributed by atoms with van der Waals surface area (Å²) < 4.78 is 13.3. The number of nitrogens with zero attached hydrogens (tertiary/aromatic N) is 1. The molecule has 0 aliphatic rings. The smallest absolute Gasteiger partial charge is 0.154 e. The van der Waals surface area contributed by atoms with Crippen molar-refractivity contribution in [3.05, 3.63) is 56.5 Å². The lowest BCUT2D eigenvalue weighted by molar-refractivity contribution is 0.626. The molecule has 1 heterocycles. The summed E-state index contributed by atoms with van der Waals surface area (Å²) in [6.07, 6.45) is 0. The maximum absolute atomic E-state index is 13.3. The Kier molecular flexibility index (Phi) is 4.50. The van der Waals surface area contributed by atoms with Crippen LogP contribution >= 0.6 is 34.8 Å². The largest absolute Gasteiger partial charge is 0.378 e. The number of pyridine rings is 1. The molecule has 2 nitrogen and oxygen atoms in total. The van der Waals surface area contributed by atoms with Crippen LogP contribution in [0.25, 0.3) is 0 Å². The number of anilines is 1. The molecule has 0 radical (unpaired) electrons. The van der Waals surface area contributed by atoms with E-state index in [4.69, 9.17) is 34.8 Å². The van der Waals surface area contributed by atoms with E-state index in [1.54, 1.807) is 12.1 Å². The quantitative estimate of drug-likeness (QED) is 0.796. The van der Waals surface area contributed by atoms with Gasteiger partial charge in [0, 0.05) is 6.54 Å². The molecule has 1 N–H and O–H groups in total. The van der Waals surface area contributed by atoms with Gasteiger partial charge in [0.25, 0.3) is 0 Å². The van der Waals surface area contributed by atoms with Crippen LogP contribution in [0.3, 0.4) is 0 Å². The summed E-state index contributed by atoms with van der Waals surface area (Å²) in [7, 11) is 0. The molecule has 0 fully saturated rings. The third-order valence-corrected chi connectivity index (χ3v) is 3.37. The lowest BCUT2D eigenvalue weighted by Gasteiger charge is -2.11. The summed E-state index contributed by atoms with van der Waals surface area (Å²) in [5.41, 5.74) is 2.31. The van der Waals surface area contributed by atoms with E-state index in [-0.39, 0.29) is 5.02 Å². The number of benzene rings is 1. The fraction of sp³-hybridized carbons (Fsp3) is 0.154. The monoisotopic (exact) mass is 318 g/mol. The molecule has 0 aliphatic heterocycles. The van der Waals surface area contributed by atoms with Gasteiger partial charge in [-0.2, -0.15) is 0 Å². The molecule has 19 heavy (non-hydrogen) atoms. The fourth-order valence-electron chi connectivity index (χ4n) is 1.65. The molecule has 0 saturated carbocycles. The van der Waals surface area contributed by atoms with Crippen LogP contribution in [0.4, 0.5) is 10.1 Å². The molecule has 6 heteroatoms. The van der Waals surface area contributed by atoms with Crippen LogP contribution in [0.5, 0.6) is 0 Å². The molecule has 100 valence electrons. The van der Waals surface area contributed by atoms with Crippen molar-refractivity contribution in [2.45, 2.75) is 13.5 Å². The first-order valence-electron chi connectivity index (χ1n) is 5.48. The standard InChI is InChI=1S/C13H10Cl3FN2/c1-7-4-11(15)19-13(16)12(7)18-6-8-2-3-9(14)10(17)5-8/h2-5,18H,6H2,1H3. The highest BCUT2D eigenvalue weighted by molar-refractivity contribution is 6.34. The van der Waals surface area contributed by atoms with E-state index in [1.807, 2.05) is 6.92 Å². The van der Waals surface area contributed by atoms with Crippen LogP contribution < -0.4 is 5.32 Å². The van der Waals surface area contributed by atoms with Gasteiger partial charge in [-0.3, -0.25) is 0 Å². The Hall–Kier alpha value is -1.03. The van der Waals surface area contributed by atoms with E-state index in [1.165, 1.54) is 12.1 Å². The molecule has 0 amide bonds. The number of rotatable bonds is 3. The van der Waals surface area contributed by atoms with Crippen molar-refractivity contribution in [1.29, 1.82) is 0 Å². The van der Waals surface area contributed by atoms with Crippen molar-refractivity contribution < 1.29 is 4.39 Å². The number of aryl methyl sites for hydroxylation is 1. The summed E-state index contributed by atoms with van der Waals surface area (Å²) in [6.45, 7) is 2.28. The van der Waals surface area contributed by atoms with Crippen LogP contribution in [0.2, 0.25) is 15.3 Å². The van der Waals surface area contributed by atoms with E-state index >= 15 is 0 Å². The molecule has 0 aliphatic carbocycles. The summed E-state index contributed by atoms with van der Waals surface area (Å²) >= 11 is 17.4. The molecular formula is C13H10Cl3FN2. The van der Waals surface area contributed by atoms with Gasteiger partial charge in [-0.05, 0) is 36.2 Å². The van der Waals surface area contributed by atoms with Gasteiger partial charge in [0.05, 0.1) is 10.7 Å². The molecule has 0 spiro atoms. The third-order valence-electron chi connectivity index (χ3n) is 2.59. The van der Waals surface area contributed by atoms with E-state index in [0.29, 0.717) is 22.5 Å². The van der Waals surface area contributed by atoms with Gasteiger partial charge in [-0.25, -0.2) is 9.37 Å². The summed E-state index contributed by atoms with van der Waals surface area (Å²) in [5.74, 6) is -0.446. The van der Waals surface area contributed by atoms with Gasteiger partial charge in [0.2, 0.25) is 0 Å². The van der Waals surface area contributed by atoms with Crippen molar-refractivity contribution in [1.82, 2.24) is 4.98 Å². The summed E-state index contributed by atoms with van der Waals surface area (Å²) in [6, 6.07) is 6.34. The Balaban J connectivity index is 2.16. The molecule has 0 saturated heterocycles. The van der Waals surface area contributed by atoms with Crippen LogP contribution in [0.15, 0.2) is 24.3 Å². The van der Waals surface area contributed by atoms with E-state index in [9.17, 15) is 4.39 Å². The SMILES string of the molecule is Cc1cc(Cl)nc(Cl)c1NCc1ccc(Cl)c(F)c1. The van der Waals surface area contributed by atoms with Gasteiger partial charge >= 0.3 is 0 Å². The van der Waals surface area contributed by atoms with Gasteiger partial charge < -0.3 is 5.32 Å². The highest BCUT2D eigenvalue weighted by Crippen LogP contribution is 2.27. The first-order chi connectivity index (χ1) is 8.97. The van der Waals surface area contributed by atoms with E-state index in [2.05, 4.69) is 10.3 Å². The number of aromatic nitrogens is 1. The maximum Gasteiger partial charge on any atom is 0.154 e. The molecule has 0 unspecified atom stereocenters. The molecule has 0 bridgehead atoms. The van der Waals surface area contributed by atoms with Crippen LogP contribution in [-0.2, 0) is 6.54 Å². The highest BCUT2D eigenvalue weighted by Gasteiger charge is 2.08. The molecule has 0 atom stereocenters. The fourth-order valence-corrected chi connectivity index (χ4v) is 2.36. The van der Waals surface area contributed by atoms with Crippen molar-refractivity contribution in [3.63, 3.8) is 0 Å². The Morgan fingerprint density at radius 3 is 2.58 bits per heavy atom. The Labute approximate surface area is 125 Å². The van der Waals surface area contributed by atoms with Gasteiger partial charge in [-0.15, -0.1) is 0 Å². The van der Waals surface area contributed by atoms with Crippen molar-refractivity contribution >= 4 is 40.5 Å². The Morgan fingerprint density at radius 1 is 1.21 bits per heavy atom. The predicted molar refractivity (Wildman–Crippen MR) is 77.7 cm³/mol. The van der Waals surface area contributed by atoms with Crippen LogP contribution in [0, 0.1) is 12.7 Å². The number of halogens is 4. The van der Waals surface area contributed by atoms with Crippen molar-refractivity contribution in [2.75, 3.05) is 5.32 Å². The second-order valence-electron chi connectivity index (χ2n) is 4.03. The molecule has 2 rings (SSSR count). The van der Waals surface area contributed by atoms with Gasteiger partial charge in [-0.1, -0.05) is 40.9 Å². The minimum Gasteiger partial charge on any atom is -0.378 e. The van der Waals surface area contributed by atoms with Crippen LogP contribution in [-0.4, -0.2) is 4.98 Å². The minimum absolute atomic E-state index is 0.103. The molecule has 2 aromatic rings. The third kappa shape index (κ3) is 3.50. The summed E-state index contributed by atoms with van der Waals surface area (Å²) in [5, 5.41) is 3.84. The van der Waals surface area contributed by atoms with E-state index in [0.717, 1.165) is 11.1 Å². The van der Waals surface area contributed by atoms with Gasteiger partial charge in [0.1, 0.15) is 11.0 Å². The normalized spacial score (nSPS) is 10.6. The van der Waals surface area contributed by atoms with Crippen molar-refractivity contribution in [2.24, 2.45) is 0 Å². The zero-order valence-electron chi connectivity index (χ0n) is 9.98. The molecular weight excluding hydrogens is 310 g/mol. The predicted octanol–water partition coefficient (Wildman–Crippen LogP) is 5.10. The highest BCUT2D eigenvalue weighted by atomic mass is 35.5. The second-order valence-corrected chi connectivity index (χ2v) is 5.18. The molecule has 1 aromatic carbocycles. The first kappa shape index (κ1) is 14.4. The van der Waals surface area contributed by atoms with Crippen LogP contribution in [0.1, 0.15) is 11.1 Å². The maximum atomic E-state index is 13.3. The number of nitrogens with one attached hydrogen (secondary N) is 1. The Bertz CT molecular complexity index is 594. The number of hydrogen-bond acceptors (Lipinski definition) is 2. The van der Waals surface area contributed by atoms with Gasteiger partial charge in [0.15, 0.2) is 5.15 Å². The summed E-state index contributed by atoms with van der Waals surface area (Å²) in [4.78, 5) is 3.95. The Morgan fingerprint density at radius 2 is 1.95 bits per heavy atom. The lowest BCUT2D eigenvalue weighted by Crippen LogP contribution is -2.03. The second kappa shape index (κ2) is 5.95. The first-order valence-corrected chi connectivity index (χ1v) is 6.61. The van der Waals surface area contributed by atoms with Crippen molar-refractivity contribution in [3.8, 4) is 0 Å². The minimum atomic E-state index is -0.446. The molecule has 1 aromatic heterocycles. The zero-order valence-corrected chi connectivity index (χ0v) is 12.2. The van der Waals surface area contributed by atoms with E-state index < -0.39 is 5.82 Å². The topological polar surface area (TPSA) is 24.9 Å². The lowest BCUT2D eigenvalue weighted by atomic mass is 10.2. The average Bonchev–Trinajstić information content (AvgIpc) is 2.32. The zero-order chi connectivity index (χ0) is 14.0. The average molecular weight is 320 g/mol.